The number of fused-ring (bicyclic) bond motifs is 2. The zero-order valence-corrected chi connectivity index (χ0v) is 16.1. The van der Waals surface area contributed by atoms with Crippen molar-refractivity contribution in [3.8, 4) is 5.75 Å². The van der Waals surface area contributed by atoms with Gasteiger partial charge in [0.05, 0.1) is 12.3 Å². The van der Waals surface area contributed by atoms with E-state index >= 15 is 0 Å². The van der Waals surface area contributed by atoms with Gasteiger partial charge >= 0.3 is 0 Å². The number of carbonyl (C=O) groups is 1. The van der Waals surface area contributed by atoms with Gasteiger partial charge in [-0.3, -0.25) is 4.79 Å². The summed E-state index contributed by atoms with van der Waals surface area (Å²) >= 11 is 0. The molecule has 1 amide bonds. The second-order valence-electron chi connectivity index (χ2n) is 7.89. The first-order chi connectivity index (χ1) is 11.5. The van der Waals surface area contributed by atoms with Crippen molar-refractivity contribution in [2.75, 3.05) is 11.9 Å². The summed E-state index contributed by atoms with van der Waals surface area (Å²) in [6, 6.07) is 8.01. The Bertz CT molecular complexity index is 565. The van der Waals surface area contributed by atoms with E-state index in [4.69, 9.17) is 10.5 Å². The van der Waals surface area contributed by atoms with E-state index in [1.807, 2.05) is 24.3 Å². The first kappa shape index (κ1) is 20.1. The van der Waals surface area contributed by atoms with Gasteiger partial charge in [0.25, 0.3) is 0 Å². The molecule has 0 aromatic heterocycles. The van der Waals surface area contributed by atoms with Crippen molar-refractivity contribution in [3.63, 3.8) is 0 Å². The molecule has 3 rings (SSSR count). The quantitative estimate of drug-likeness (QED) is 0.819. The van der Waals surface area contributed by atoms with Crippen molar-refractivity contribution in [1.29, 1.82) is 0 Å². The molecule has 2 aliphatic carbocycles. The molecule has 0 spiro atoms. The molecule has 4 nitrogen and oxygen atoms in total. The zero-order chi connectivity index (χ0) is 17.1. The highest BCUT2D eigenvalue weighted by atomic mass is 35.5. The molecule has 3 N–H and O–H groups in total. The van der Waals surface area contributed by atoms with Crippen LogP contribution in [0.15, 0.2) is 24.3 Å². The number of rotatable bonds is 5. The van der Waals surface area contributed by atoms with Gasteiger partial charge in [-0.25, -0.2) is 0 Å². The molecule has 2 saturated carbocycles. The Kier molecular flexibility index (Phi) is 7.14. The molecule has 0 saturated heterocycles. The van der Waals surface area contributed by atoms with Crippen LogP contribution in [-0.4, -0.2) is 18.6 Å². The third kappa shape index (κ3) is 4.89. The molecule has 0 aliphatic heterocycles. The van der Waals surface area contributed by atoms with Crippen molar-refractivity contribution in [2.24, 2.45) is 29.4 Å². The molecule has 0 radical (unpaired) electrons. The normalized spacial score (nSPS) is 28.2. The van der Waals surface area contributed by atoms with Gasteiger partial charge in [-0.15, -0.1) is 12.4 Å². The largest absolute Gasteiger partial charge is 0.491 e. The number of benzene rings is 1. The number of nitrogens with two attached hydrogens (primary N) is 1. The first-order valence-electron chi connectivity index (χ1n) is 9.33. The van der Waals surface area contributed by atoms with Crippen LogP contribution in [0.25, 0.3) is 0 Å². The molecule has 2 bridgehead atoms. The molecule has 2 unspecified atom stereocenters. The van der Waals surface area contributed by atoms with Gasteiger partial charge < -0.3 is 15.8 Å². The topological polar surface area (TPSA) is 64.3 Å². The van der Waals surface area contributed by atoms with Crippen molar-refractivity contribution in [3.05, 3.63) is 24.3 Å². The maximum absolute atomic E-state index is 12.8. The lowest BCUT2D eigenvalue weighted by Gasteiger charge is -2.43. The molecule has 5 heteroatoms. The summed E-state index contributed by atoms with van der Waals surface area (Å²) in [4.78, 5) is 12.8. The molecule has 1 aromatic carbocycles. The number of hydrogen-bond acceptors (Lipinski definition) is 3. The SMILES string of the molecule is CC(C)COc1ccccc1NC(=O)C1CC2CCCC(C1)C2N.Cl. The molecular weight excluding hydrogens is 336 g/mol. The van der Waals surface area contributed by atoms with E-state index in [1.54, 1.807) is 0 Å². The summed E-state index contributed by atoms with van der Waals surface area (Å²) < 4.78 is 5.84. The first-order valence-corrected chi connectivity index (χ1v) is 9.33. The molecule has 25 heavy (non-hydrogen) atoms. The standard InChI is InChI=1S/C20H30N2O2.ClH/c1-13(2)12-24-18-9-4-3-8-17(18)22-20(23)16-10-14-6-5-7-15(11-16)19(14)21;/h3-4,8-9,13-16,19H,5-7,10-12,21H2,1-2H3,(H,22,23);1H. The predicted octanol–water partition coefficient (Wildman–Crippen LogP) is 4.24. The number of carbonyl (C=O) groups excluding carboxylic acids is 1. The van der Waals surface area contributed by atoms with Gasteiger partial charge in [0.15, 0.2) is 0 Å². The molecule has 140 valence electrons. The minimum atomic E-state index is 0. The highest BCUT2D eigenvalue weighted by Gasteiger charge is 2.40. The Labute approximate surface area is 157 Å². The van der Waals surface area contributed by atoms with Crippen LogP contribution in [0, 0.1) is 23.7 Å². The summed E-state index contributed by atoms with van der Waals surface area (Å²) in [6.45, 7) is 4.88. The van der Waals surface area contributed by atoms with Crippen LogP contribution in [0.5, 0.6) is 5.75 Å². The number of para-hydroxylation sites is 2. The Morgan fingerprint density at radius 2 is 1.88 bits per heavy atom. The lowest BCUT2D eigenvalue weighted by atomic mass is 9.65. The van der Waals surface area contributed by atoms with E-state index in [0.29, 0.717) is 30.4 Å². The second-order valence-corrected chi connectivity index (χ2v) is 7.89. The minimum absolute atomic E-state index is 0. The molecular formula is C20H31ClN2O2. The van der Waals surface area contributed by atoms with Crippen LogP contribution in [0.4, 0.5) is 5.69 Å². The minimum Gasteiger partial charge on any atom is -0.491 e. The maximum Gasteiger partial charge on any atom is 0.227 e. The molecule has 2 atom stereocenters. The number of nitrogens with one attached hydrogen (secondary N) is 1. The van der Waals surface area contributed by atoms with Gasteiger partial charge in [0.2, 0.25) is 5.91 Å². The lowest BCUT2D eigenvalue weighted by Crippen LogP contribution is -2.48. The van der Waals surface area contributed by atoms with Crippen LogP contribution >= 0.6 is 12.4 Å². The number of halogens is 1. The smallest absolute Gasteiger partial charge is 0.227 e. The Hall–Kier alpha value is -1.26. The Balaban J connectivity index is 0.00000225. The molecule has 2 aliphatic rings. The van der Waals surface area contributed by atoms with Crippen LogP contribution < -0.4 is 15.8 Å². The molecule has 1 aromatic rings. The fourth-order valence-electron chi connectivity index (χ4n) is 4.19. The van der Waals surface area contributed by atoms with E-state index in [-0.39, 0.29) is 24.2 Å². The van der Waals surface area contributed by atoms with E-state index < -0.39 is 0 Å². The Morgan fingerprint density at radius 1 is 1.24 bits per heavy atom. The number of hydrogen-bond donors (Lipinski definition) is 2. The van der Waals surface area contributed by atoms with Crippen LogP contribution in [0.1, 0.15) is 46.0 Å². The van der Waals surface area contributed by atoms with Crippen LogP contribution in [-0.2, 0) is 4.79 Å². The Morgan fingerprint density at radius 3 is 2.52 bits per heavy atom. The highest BCUT2D eigenvalue weighted by Crippen LogP contribution is 2.42. The average Bonchev–Trinajstić information content (AvgIpc) is 2.53. The summed E-state index contributed by atoms with van der Waals surface area (Å²) in [7, 11) is 0. The summed E-state index contributed by atoms with van der Waals surface area (Å²) in [5.74, 6) is 2.44. The van der Waals surface area contributed by atoms with E-state index in [9.17, 15) is 4.79 Å². The van der Waals surface area contributed by atoms with E-state index in [2.05, 4.69) is 19.2 Å². The highest BCUT2D eigenvalue weighted by molar-refractivity contribution is 5.94. The van der Waals surface area contributed by atoms with Gasteiger partial charge in [-0.05, 0) is 55.6 Å². The van der Waals surface area contributed by atoms with E-state index in [0.717, 1.165) is 24.3 Å². The number of amides is 1. The van der Waals surface area contributed by atoms with Gasteiger partial charge in [0, 0.05) is 12.0 Å². The third-order valence-electron chi connectivity index (χ3n) is 5.50. The fraction of sp³-hybridized carbons (Fsp3) is 0.650. The van der Waals surface area contributed by atoms with Crippen molar-refractivity contribution < 1.29 is 9.53 Å². The van der Waals surface area contributed by atoms with Crippen LogP contribution in [0.3, 0.4) is 0 Å². The number of anilines is 1. The average molecular weight is 367 g/mol. The molecule has 2 fully saturated rings. The second kappa shape index (κ2) is 8.91. The van der Waals surface area contributed by atoms with Crippen molar-refractivity contribution in [2.45, 2.75) is 52.0 Å². The molecule has 0 heterocycles. The maximum atomic E-state index is 12.8. The zero-order valence-electron chi connectivity index (χ0n) is 15.2. The summed E-state index contributed by atoms with van der Waals surface area (Å²) in [6.07, 6.45) is 5.48. The lowest BCUT2D eigenvalue weighted by molar-refractivity contribution is -0.122. The summed E-state index contributed by atoms with van der Waals surface area (Å²) in [5.41, 5.74) is 7.12. The van der Waals surface area contributed by atoms with Crippen LogP contribution in [0.2, 0.25) is 0 Å². The summed E-state index contributed by atoms with van der Waals surface area (Å²) in [5, 5.41) is 3.10. The van der Waals surface area contributed by atoms with Gasteiger partial charge in [-0.1, -0.05) is 32.4 Å². The monoisotopic (exact) mass is 366 g/mol. The predicted molar refractivity (Wildman–Crippen MR) is 104 cm³/mol. The van der Waals surface area contributed by atoms with Crippen molar-refractivity contribution >= 4 is 24.0 Å². The van der Waals surface area contributed by atoms with Gasteiger partial charge in [-0.2, -0.15) is 0 Å². The van der Waals surface area contributed by atoms with E-state index in [1.165, 1.54) is 19.3 Å². The fourth-order valence-corrected chi connectivity index (χ4v) is 4.19. The number of ether oxygens (including phenoxy) is 1. The van der Waals surface area contributed by atoms with Gasteiger partial charge in [0.1, 0.15) is 5.75 Å². The third-order valence-corrected chi connectivity index (χ3v) is 5.50. The van der Waals surface area contributed by atoms with Crippen molar-refractivity contribution in [1.82, 2.24) is 0 Å².